The number of hydrogen-bond donors (Lipinski definition) is 2. The summed E-state index contributed by atoms with van der Waals surface area (Å²) in [6.07, 6.45) is 1.03. The summed E-state index contributed by atoms with van der Waals surface area (Å²) in [6.45, 7) is 3.55. The molecule has 1 heterocycles. The number of rotatable bonds is 3. The average molecular weight is 373 g/mol. The number of amides is 2. The van der Waals surface area contributed by atoms with Crippen LogP contribution in [-0.2, 0) is 0 Å². The Labute approximate surface area is 136 Å². The molecule has 1 aromatic rings. The molecular formula is C14H17BrN2O3S. The summed E-state index contributed by atoms with van der Waals surface area (Å²) in [7, 11) is 0. The van der Waals surface area contributed by atoms with Crippen molar-refractivity contribution in [2.24, 2.45) is 0 Å². The van der Waals surface area contributed by atoms with E-state index in [0.29, 0.717) is 22.0 Å². The highest BCUT2D eigenvalue weighted by molar-refractivity contribution is 9.10. The van der Waals surface area contributed by atoms with Crippen LogP contribution in [0, 0.1) is 0 Å². The summed E-state index contributed by atoms with van der Waals surface area (Å²) in [5, 5.41) is 12.3. The molecule has 1 aliphatic heterocycles. The molecule has 1 aliphatic rings. The number of anilines is 1. The molecule has 0 spiro atoms. The molecule has 1 atom stereocenters. The van der Waals surface area contributed by atoms with Gasteiger partial charge in [0.15, 0.2) is 0 Å². The Morgan fingerprint density at radius 1 is 1.52 bits per heavy atom. The predicted molar refractivity (Wildman–Crippen MR) is 88.2 cm³/mol. The van der Waals surface area contributed by atoms with Gasteiger partial charge in [0.25, 0.3) is 0 Å². The van der Waals surface area contributed by atoms with Crippen molar-refractivity contribution in [3.05, 3.63) is 28.2 Å². The van der Waals surface area contributed by atoms with Gasteiger partial charge in [0, 0.05) is 28.6 Å². The molecule has 21 heavy (non-hydrogen) atoms. The van der Waals surface area contributed by atoms with E-state index < -0.39 is 5.97 Å². The monoisotopic (exact) mass is 372 g/mol. The normalized spacial score (nSPS) is 18.4. The van der Waals surface area contributed by atoms with Crippen LogP contribution in [0.2, 0.25) is 0 Å². The van der Waals surface area contributed by atoms with Crippen LogP contribution in [-0.4, -0.2) is 46.1 Å². The first-order chi connectivity index (χ1) is 10.0. The molecule has 2 amide bonds. The van der Waals surface area contributed by atoms with Crippen LogP contribution in [0.15, 0.2) is 22.7 Å². The third-order valence-corrected chi connectivity index (χ3v) is 5.40. The van der Waals surface area contributed by atoms with Crippen LogP contribution in [0.5, 0.6) is 0 Å². The second-order valence-corrected chi connectivity index (χ2v) is 7.04. The highest BCUT2D eigenvalue weighted by atomic mass is 79.9. The van der Waals surface area contributed by atoms with Crippen LogP contribution < -0.4 is 5.32 Å². The molecule has 7 heteroatoms. The van der Waals surface area contributed by atoms with Crippen LogP contribution in [0.3, 0.4) is 0 Å². The fourth-order valence-electron chi connectivity index (χ4n) is 2.10. The van der Waals surface area contributed by atoms with E-state index in [0.717, 1.165) is 18.7 Å². The standard InChI is InChI=1S/C14H17BrN2O3S/c1-2-10-8-17(5-6-21-10)14(20)16-12-7-9(13(18)19)3-4-11(12)15/h3-4,7,10H,2,5-6,8H2,1H3,(H,16,20)(H,18,19). The van der Waals surface area contributed by atoms with Gasteiger partial charge in [-0.2, -0.15) is 11.8 Å². The predicted octanol–water partition coefficient (Wildman–Crippen LogP) is 3.51. The number of urea groups is 1. The number of thioether (sulfide) groups is 1. The zero-order valence-electron chi connectivity index (χ0n) is 11.6. The van der Waals surface area contributed by atoms with Crippen LogP contribution in [0.25, 0.3) is 0 Å². The first kappa shape index (κ1) is 16.2. The van der Waals surface area contributed by atoms with E-state index in [1.807, 2.05) is 11.8 Å². The first-order valence-electron chi connectivity index (χ1n) is 6.71. The number of carboxylic acid groups (broad SMARTS) is 1. The largest absolute Gasteiger partial charge is 0.478 e. The number of carboxylic acids is 1. The summed E-state index contributed by atoms with van der Waals surface area (Å²) in [4.78, 5) is 25.1. The minimum atomic E-state index is -1.02. The summed E-state index contributed by atoms with van der Waals surface area (Å²) in [5.41, 5.74) is 0.625. The quantitative estimate of drug-likeness (QED) is 0.851. The Morgan fingerprint density at radius 2 is 2.29 bits per heavy atom. The fraction of sp³-hybridized carbons (Fsp3) is 0.429. The van der Waals surface area contributed by atoms with Gasteiger partial charge in [-0.15, -0.1) is 0 Å². The number of carbonyl (C=O) groups is 2. The number of halogens is 1. The van der Waals surface area contributed by atoms with Crippen molar-refractivity contribution < 1.29 is 14.7 Å². The van der Waals surface area contributed by atoms with Crippen LogP contribution in [0.1, 0.15) is 23.7 Å². The molecule has 0 radical (unpaired) electrons. The van der Waals surface area contributed by atoms with E-state index >= 15 is 0 Å². The Balaban J connectivity index is 2.08. The Morgan fingerprint density at radius 3 is 2.95 bits per heavy atom. The molecule has 0 aromatic heterocycles. The molecule has 1 fully saturated rings. The Bertz CT molecular complexity index is 553. The van der Waals surface area contributed by atoms with Gasteiger partial charge in [0.1, 0.15) is 0 Å². The highest BCUT2D eigenvalue weighted by Gasteiger charge is 2.23. The van der Waals surface area contributed by atoms with E-state index in [1.54, 1.807) is 11.0 Å². The molecule has 114 valence electrons. The van der Waals surface area contributed by atoms with Crippen molar-refractivity contribution in [2.45, 2.75) is 18.6 Å². The second kappa shape index (κ2) is 7.17. The van der Waals surface area contributed by atoms with E-state index in [2.05, 4.69) is 28.2 Å². The number of nitrogens with one attached hydrogen (secondary N) is 1. The molecule has 0 saturated carbocycles. The van der Waals surface area contributed by atoms with Gasteiger partial charge in [0.05, 0.1) is 11.3 Å². The number of nitrogens with zero attached hydrogens (tertiary/aromatic N) is 1. The summed E-state index contributed by atoms with van der Waals surface area (Å²) >= 11 is 5.22. The molecule has 0 bridgehead atoms. The van der Waals surface area contributed by atoms with Crippen molar-refractivity contribution in [1.29, 1.82) is 0 Å². The number of carbonyl (C=O) groups excluding carboxylic acids is 1. The van der Waals surface area contributed by atoms with Gasteiger partial charge in [0.2, 0.25) is 0 Å². The maximum atomic E-state index is 12.3. The van der Waals surface area contributed by atoms with Crippen molar-refractivity contribution in [2.75, 3.05) is 24.2 Å². The number of aromatic carboxylic acids is 1. The Kier molecular flexibility index (Phi) is 5.52. The molecule has 2 rings (SSSR count). The molecule has 2 N–H and O–H groups in total. The van der Waals surface area contributed by atoms with E-state index in [4.69, 9.17) is 5.11 Å². The topological polar surface area (TPSA) is 69.6 Å². The van der Waals surface area contributed by atoms with Crippen molar-refractivity contribution in [1.82, 2.24) is 4.90 Å². The second-order valence-electron chi connectivity index (χ2n) is 4.78. The van der Waals surface area contributed by atoms with Crippen molar-refractivity contribution in [3.8, 4) is 0 Å². The molecule has 1 unspecified atom stereocenters. The summed E-state index contributed by atoms with van der Waals surface area (Å²) in [6, 6.07) is 4.39. The maximum Gasteiger partial charge on any atom is 0.335 e. The van der Waals surface area contributed by atoms with Crippen LogP contribution >= 0.6 is 27.7 Å². The molecule has 0 aliphatic carbocycles. The third-order valence-electron chi connectivity index (χ3n) is 3.34. The van der Waals surface area contributed by atoms with Gasteiger partial charge < -0.3 is 15.3 Å². The zero-order chi connectivity index (χ0) is 15.4. The van der Waals surface area contributed by atoms with Crippen molar-refractivity contribution >= 4 is 45.4 Å². The lowest BCUT2D eigenvalue weighted by Crippen LogP contribution is -2.44. The minimum Gasteiger partial charge on any atom is -0.478 e. The number of benzene rings is 1. The maximum absolute atomic E-state index is 12.3. The van der Waals surface area contributed by atoms with Gasteiger partial charge in [-0.25, -0.2) is 9.59 Å². The fourth-order valence-corrected chi connectivity index (χ4v) is 3.63. The molecule has 1 saturated heterocycles. The van der Waals surface area contributed by atoms with Gasteiger partial charge >= 0.3 is 12.0 Å². The SMILES string of the molecule is CCC1CN(C(=O)Nc2cc(C(=O)O)ccc2Br)CCS1. The molecular weight excluding hydrogens is 356 g/mol. The first-order valence-corrected chi connectivity index (χ1v) is 8.55. The van der Waals surface area contributed by atoms with Gasteiger partial charge in [-0.05, 0) is 40.5 Å². The molecule has 1 aromatic carbocycles. The molecule has 5 nitrogen and oxygen atoms in total. The minimum absolute atomic E-state index is 0.147. The number of hydrogen-bond acceptors (Lipinski definition) is 3. The zero-order valence-corrected chi connectivity index (χ0v) is 14.0. The van der Waals surface area contributed by atoms with Gasteiger partial charge in [-0.3, -0.25) is 0 Å². The Hall–Kier alpha value is -1.21. The highest BCUT2D eigenvalue weighted by Crippen LogP contribution is 2.26. The smallest absolute Gasteiger partial charge is 0.335 e. The lowest BCUT2D eigenvalue weighted by molar-refractivity contribution is 0.0697. The lowest BCUT2D eigenvalue weighted by Gasteiger charge is -2.32. The summed E-state index contributed by atoms with van der Waals surface area (Å²) in [5.74, 6) is -0.0826. The van der Waals surface area contributed by atoms with E-state index in [9.17, 15) is 9.59 Å². The van der Waals surface area contributed by atoms with Gasteiger partial charge in [-0.1, -0.05) is 6.92 Å². The lowest BCUT2D eigenvalue weighted by atomic mass is 10.2. The van der Waals surface area contributed by atoms with E-state index in [-0.39, 0.29) is 11.6 Å². The van der Waals surface area contributed by atoms with Crippen molar-refractivity contribution in [3.63, 3.8) is 0 Å². The van der Waals surface area contributed by atoms with Crippen LogP contribution in [0.4, 0.5) is 10.5 Å². The summed E-state index contributed by atoms with van der Waals surface area (Å²) < 4.78 is 0.666. The van der Waals surface area contributed by atoms with E-state index in [1.165, 1.54) is 12.1 Å². The third kappa shape index (κ3) is 4.14. The average Bonchev–Trinajstić information content (AvgIpc) is 2.49.